The number of rotatable bonds is 4. The third-order valence-electron chi connectivity index (χ3n) is 5.85. The normalized spacial score (nSPS) is 13.2. The summed E-state index contributed by atoms with van der Waals surface area (Å²) >= 11 is 0. The molecule has 0 saturated heterocycles. The molecule has 13 heteroatoms. The molecule has 1 aromatic heterocycles. The van der Waals surface area contributed by atoms with Crippen LogP contribution in [0, 0.1) is 0 Å². The van der Waals surface area contributed by atoms with E-state index in [1.807, 2.05) is 0 Å². The fraction of sp³-hybridized carbons (Fsp3) is 0.200. The van der Waals surface area contributed by atoms with Crippen LogP contribution in [0.3, 0.4) is 0 Å². The van der Waals surface area contributed by atoms with E-state index in [2.05, 4.69) is 4.98 Å². The van der Waals surface area contributed by atoms with Gasteiger partial charge in [0.2, 0.25) is 0 Å². The van der Waals surface area contributed by atoms with Gasteiger partial charge in [-0.3, -0.25) is 9.36 Å². The zero-order valence-electron chi connectivity index (χ0n) is 18.8. The molecular weight excluding hydrogens is 531 g/mol. The molecule has 0 amide bonds. The number of halogens is 9. The lowest BCUT2D eigenvalue weighted by atomic mass is 9.92. The Bertz CT molecular complexity index is 1510. The minimum Gasteiger partial charge on any atom is -0.369 e. The quantitative estimate of drug-likeness (QED) is 0.306. The predicted octanol–water partition coefficient (Wildman–Crippen LogP) is 6.31. The van der Waals surface area contributed by atoms with Crippen molar-refractivity contribution in [1.82, 2.24) is 9.55 Å². The van der Waals surface area contributed by atoms with Crippen LogP contribution in [0.2, 0.25) is 0 Å². The SMILES string of the molecule is O=c1c2ccccc2nc(Cc2ccc(C(F)(F)F)cc2)n1-c1ccc(C(O)(C(F)(F)F)C(F)(F)F)cc1. The Morgan fingerprint density at radius 2 is 1.24 bits per heavy atom. The van der Waals surface area contributed by atoms with Gasteiger partial charge in [-0.25, -0.2) is 4.98 Å². The minimum atomic E-state index is -6.10. The third-order valence-corrected chi connectivity index (χ3v) is 5.85. The second-order valence-electron chi connectivity index (χ2n) is 8.31. The molecule has 0 aliphatic rings. The second kappa shape index (κ2) is 9.15. The van der Waals surface area contributed by atoms with E-state index in [1.54, 1.807) is 6.07 Å². The van der Waals surface area contributed by atoms with Crippen molar-refractivity contribution in [2.24, 2.45) is 0 Å². The van der Waals surface area contributed by atoms with Gasteiger partial charge in [0.15, 0.2) is 0 Å². The molecule has 0 aliphatic heterocycles. The van der Waals surface area contributed by atoms with Gasteiger partial charge in [-0.2, -0.15) is 39.5 Å². The van der Waals surface area contributed by atoms with Crippen molar-refractivity contribution in [2.45, 2.75) is 30.6 Å². The summed E-state index contributed by atoms with van der Waals surface area (Å²) in [6.07, 6.45) is -17.0. The number of aromatic nitrogens is 2. The Morgan fingerprint density at radius 3 is 1.76 bits per heavy atom. The lowest BCUT2D eigenvalue weighted by molar-refractivity contribution is -0.376. The van der Waals surface area contributed by atoms with Gasteiger partial charge in [-0.15, -0.1) is 0 Å². The van der Waals surface area contributed by atoms with Crippen LogP contribution in [0.5, 0.6) is 0 Å². The zero-order valence-corrected chi connectivity index (χ0v) is 18.8. The smallest absolute Gasteiger partial charge is 0.369 e. The molecule has 1 heterocycles. The first-order valence-electron chi connectivity index (χ1n) is 10.7. The maximum absolute atomic E-state index is 13.3. The summed E-state index contributed by atoms with van der Waals surface area (Å²) in [5.41, 5.74) is -7.97. The van der Waals surface area contributed by atoms with Gasteiger partial charge in [0.25, 0.3) is 11.2 Å². The van der Waals surface area contributed by atoms with Gasteiger partial charge in [0, 0.05) is 12.0 Å². The molecule has 200 valence electrons. The van der Waals surface area contributed by atoms with E-state index >= 15 is 0 Å². The predicted molar refractivity (Wildman–Crippen MR) is 118 cm³/mol. The molecule has 4 aromatic rings. The second-order valence-corrected chi connectivity index (χ2v) is 8.31. The highest BCUT2D eigenvalue weighted by Crippen LogP contribution is 2.50. The molecule has 3 aromatic carbocycles. The van der Waals surface area contributed by atoms with E-state index in [9.17, 15) is 49.4 Å². The topological polar surface area (TPSA) is 55.1 Å². The van der Waals surface area contributed by atoms with Crippen LogP contribution in [0.15, 0.2) is 77.6 Å². The highest BCUT2D eigenvalue weighted by atomic mass is 19.4. The summed E-state index contributed by atoms with van der Waals surface area (Å²) in [7, 11) is 0. The van der Waals surface area contributed by atoms with E-state index in [4.69, 9.17) is 0 Å². The summed E-state index contributed by atoms with van der Waals surface area (Å²) in [5.74, 6) is -0.0388. The van der Waals surface area contributed by atoms with Gasteiger partial charge in [-0.1, -0.05) is 36.4 Å². The summed E-state index contributed by atoms with van der Waals surface area (Å²) in [6, 6.07) is 12.3. The first-order valence-corrected chi connectivity index (χ1v) is 10.7. The molecule has 0 saturated carbocycles. The first kappa shape index (κ1) is 27.2. The molecule has 0 fully saturated rings. The van der Waals surface area contributed by atoms with Crippen LogP contribution >= 0.6 is 0 Å². The fourth-order valence-corrected chi connectivity index (χ4v) is 3.90. The minimum absolute atomic E-state index is 0.0388. The number of nitrogens with zero attached hydrogens (tertiary/aromatic N) is 2. The average molecular weight is 546 g/mol. The molecule has 38 heavy (non-hydrogen) atoms. The molecular formula is C25H15F9N2O2. The van der Waals surface area contributed by atoms with Crippen molar-refractivity contribution in [2.75, 3.05) is 0 Å². The fourth-order valence-electron chi connectivity index (χ4n) is 3.90. The molecule has 4 nitrogen and oxygen atoms in total. The molecule has 0 radical (unpaired) electrons. The van der Waals surface area contributed by atoms with Gasteiger partial charge in [-0.05, 0) is 42.0 Å². The Morgan fingerprint density at radius 1 is 0.711 bits per heavy atom. The van der Waals surface area contributed by atoms with Crippen LogP contribution in [-0.2, 0) is 18.2 Å². The molecule has 0 spiro atoms. The van der Waals surface area contributed by atoms with Crippen LogP contribution in [0.1, 0.15) is 22.5 Å². The Kier molecular flexibility index (Phi) is 6.54. The van der Waals surface area contributed by atoms with Crippen molar-refractivity contribution in [1.29, 1.82) is 0 Å². The summed E-state index contributed by atoms with van der Waals surface area (Å²) in [4.78, 5) is 17.7. The zero-order chi connectivity index (χ0) is 28.1. The van der Waals surface area contributed by atoms with Crippen LogP contribution in [0.4, 0.5) is 39.5 Å². The average Bonchev–Trinajstić information content (AvgIpc) is 2.82. The number of hydrogen-bond acceptors (Lipinski definition) is 3. The number of aliphatic hydroxyl groups is 1. The van der Waals surface area contributed by atoms with Gasteiger partial charge in [0.05, 0.1) is 22.2 Å². The van der Waals surface area contributed by atoms with Crippen LogP contribution in [-0.4, -0.2) is 27.0 Å². The number of alkyl halides is 9. The maximum Gasteiger partial charge on any atom is 0.430 e. The third kappa shape index (κ3) is 4.73. The number of benzene rings is 3. The highest BCUT2D eigenvalue weighted by molar-refractivity contribution is 5.77. The Balaban J connectivity index is 1.85. The molecule has 1 N–H and O–H groups in total. The number of fused-ring (bicyclic) bond motifs is 1. The lowest BCUT2D eigenvalue weighted by Crippen LogP contribution is -2.53. The monoisotopic (exact) mass is 546 g/mol. The standard InChI is InChI=1S/C25H15F9N2O2/c26-23(27,28)16-7-5-14(6-8-16)13-20-35-19-4-2-1-3-18(19)21(37)36(20)17-11-9-15(10-12-17)22(38,24(29,30)31)25(32,33)34/h1-12,38H,13H2. The van der Waals surface area contributed by atoms with E-state index in [-0.39, 0.29) is 28.8 Å². The largest absolute Gasteiger partial charge is 0.430 e. The highest BCUT2D eigenvalue weighted by Gasteiger charge is 2.71. The number of hydrogen-bond donors (Lipinski definition) is 1. The van der Waals surface area contributed by atoms with E-state index < -0.39 is 40.8 Å². The number of para-hydroxylation sites is 1. The van der Waals surface area contributed by atoms with Gasteiger partial charge >= 0.3 is 18.5 Å². The van der Waals surface area contributed by atoms with E-state index in [1.165, 1.54) is 18.2 Å². The van der Waals surface area contributed by atoms with Crippen LogP contribution in [0.25, 0.3) is 16.6 Å². The lowest BCUT2D eigenvalue weighted by Gasteiger charge is -2.32. The van der Waals surface area contributed by atoms with E-state index in [0.29, 0.717) is 17.7 Å². The van der Waals surface area contributed by atoms with E-state index in [0.717, 1.165) is 41.0 Å². The summed E-state index contributed by atoms with van der Waals surface area (Å²) in [6.45, 7) is 0. The van der Waals surface area contributed by atoms with Crippen molar-refractivity contribution in [3.05, 3.63) is 106 Å². The molecule has 0 aliphatic carbocycles. The van der Waals surface area contributed by atoms with Gasteiger partial charge < -0.3 is 5.11 Å². The molecule has 0 atom stereocenters. The summed E-state index contributed by atoms with van der Waals surface area (Å²) in [5, 5.41) is 9.71. The molecule has 0 bridgehead atoms. The van der Waals surface area contributed by atoms with Crippen LogP contribution < -0.4 is 5.56 Å². The molecule has 0 unspecified atom stereocenters. The van der Waals surface area contributed by atoms with Crippen molar-refractivity contribution in [3.63, 3.8) is 0 Å². The van der Waals surface area contributed by atoms with Gasteiger partial charge in [0.1, 0.15) is 5.82 Å². The maximum atomic E-state index is 13.3. The van der Waals surface area contributed by atoms with Crippen molar-refractivity contribution >= 4 is 10.9 Å². The first-order chi connectivity index (χ1) is 17.5. The summed E-state index contributed by atoms with van der Waals surface area (Å²) < 4.78 is 119. The van der Waals surface area contributed by atoms with Crippen molar-refractivity contribution in [3.8, 4) is 5.69 Å². The Hall–Kier alpha value is -3.87. The van der Waals surface area contributed by atoms with Crippen molar-refractivity contribution < 1.29 is 44.6 Å². The molecule has 4 rings (SSSR count). The Labute approximate surface area is 207 Å².